The molecule has 5 heteroatoms. The second kappa shape index (κ2) is 7.05. The van der Waals surface area contributed by atoms with E-state index < -0.39 is 0 Å². The maximum atomic E-state index is 12.6. The minimum absolute atomic E-state index is 0.198. The van der Waals surface area contributed by atoms with E-state index >= 15 is 0 Å². The van der Waals surface area contributed by atoms with Gasteiger partial charge in [0.1, 0.15) is 11.3 Å². The zero-order valence-corrected chi connectivity index (χ0v) is 13.1. The van der Waals surface area contributed by atoms with E-state index in [-0.39, 0.29) is 5.91 Å². The van der Waals surface area contributed by atoms with Gasteiger partial charge in [-0.25, -0.2) is 0 Å². The summed E-state index contributed by atoms with van der Waals surface area (Å²) in [5, 5.41) is 7.96. The molecule has 0 N–H and O–H groups in total. The summed E-state index contributed by atoms with van der Waals surface area (Å²) in [6.45, 7) is 2.86. The molecule has 0 aliphatic heterocycles. The standard InChI is InChI=1S/C18H19N3O2/c1-2-3-6-13-23-15-11-9-14(10-12-15)18(22)21-17-8-5-4-7-16(17)19-20-21/h4-5,7-12H,2-3,6,13H2,1H3. The molecule has 0 aliphatic rings. The van der Waals surface area contributed by atoms with Gasteiger partial charge in [0.15, 0.2) is 0 Å². The summed E-state index contributed by atoms with van der Waals surface area (Å²) in [5.41, 5.74) is 1.97. The molecular weight excluding hydrogens is 290 g/mol. The van der Waals surface area contributed by atoms with Crippen LogP contribution in [0.5, 0.6) is 5.75 Å². The van der Waals surface area contributed by atoms with Crippen LogP contribution in [0, 0.1) is 0 Å². The minimum Gasteiger partial charge on any atom is -0.494 e. The van der Waals surface area contributed by atoms with Gasteiger partial charge >= 0.3 is 0 Å². The van der Waals surface area contributed by atoms with Crippen LogP contribution in [0.2, 0.25) is 0 Å². The van der Waals surface area contributed by atoms with Crippen molar-refractivity contribution in [3.05, 3.63) is 54.1 Å². The van der Waals surface area contributed by atoms with Crippen LogP contribution in [-0.2, 0) is 0 Å². The van der Waals surface area contributed by atoms with Gasteiger partial charge in [-0.1, -0.05) is 37.1 Å². The predicted octanol–water partition coefficient (Wildman–Crippen LogP) is 3.69. The molecule has 0 aliphatic carbocycles. The van der Waals surface area contributed by atoms with Crippen LogP contribution < -0.4 is 4.74 Å². The first-order valence-corrected chi connectivity index (χ1v) is 7.87. The number of benzene rings is 2. The first kappa shape index (κ1) is 15.2. The number of para-hydroxylation sites is 1. The number of unbranched alkanes of at least 4 members (excludes halogenated alkanes) is 2. The Morgan fingerprint density at radius 1 is 1.09 bits per heavy atom. The van der Waals surface area contributed by atoms with Crippen LogP contribution in [0.3, 0.4) is 0 Å². The number of carbonyl (C=O) groups is 1. The summed E-state index contributed by atoms with van der Waals surface area (Å²) >= 11 is 0. The second-order valence-electron chi connectivity index (χ2n) is 5.38. The molecule has 0 unspecified atom stereocenters. The first-order chi connectivity index (χ1) is 11.3. The van der Waals surface area contributed by atoms with Crippen molar-refractivity contribution in [1.29, 1.82) is 0 Å². The van der Waals surface area contributed by atoms with Crippen molar-refractivity contribution < 1.29 is 9.53 Å². The van der Waals surface area contributed by atoms with Gasteiger partial charge in [-0.2, -0.15) is 4.68 Å². The molecule has 0 fully saturated rings. The van der Waals surface area contributed by atoms with Crippen molar-refractivity contribution in [2.24, 2.45) is 0 Å². The summed E-state index contributed by atoms with van der Waals surface area (Å²) in [6.07, 6.45) is 3.38. The number of rotatable bonds is 6. The van der Waals surface area contributed by atoms with Crippen molar-refractivity contribution in [3.63, 3.8) is 0 Å². The summed E-state index contributed by atoms with van der Waals surface area (Å²) in [7, 11) is 0. The Morgan fingerprint density at radius 3 is 2.65 bits per heavy atom. The highest BCUT2D eigenvalue weighted by Crippen LogP contribution is 2.16. The fraction of sp³-hybridized carbons (Fsp3) is 0.278. The van der Waals surface area contributed by atoms with Crippen molar-refractivity contribution in [2.45, 2.75) is 26.2 Å². The number of nitrogens with zero attached hydrogens (tertiary/aromatic N) is 3. The number of hydrogen-bond donors (Lipinski definition) is 0. The molecule has 0 bridgehead atoms. The first-order valence-electron chi connectivity index (χ1n) is 7.87. The molecule has 5 nitrogen and oxygen atoms in total. The fourth-order valence-corrected chi connectivity index (χ4v) is 2.38. The third-order valence-electron chi connectivity index (χ3n) is 3.66. The minimum atomic E-state index is -0.198. The van der Waals surface area contributed by atoms with E-state index in [4.69, 9.17) is 4.74 Å². The highest BCUT2D eigenvalue weighted by atomic mass is 16.5. The Labute approximate surface area is 134 Å². The van der Waals surface area contributed by atoms with E-state index in [1.54, 1.807) is 12.1 Å². The maximum Gasteiger partial charge on any atom is 0.280 e. The second-order valence-corrected chi connectivity index (χ2v) is 5.38. The molecule has 0 saturated heterocycles. The third kappa shape index (κ3) is 3.39. The monoisotopic (exact) mass is 309 g/mol. The highest BCUT2D eigenvalue weighted by molar-refractivity contribution is 6.00. The van der Waals surface area contributed by atoms with Gasteiger partial charge in [0.25, 0.3) is 5.91 Å². The Bertz CT molecular complexity index is 793. The van der Waals surface area contributed by atoms with Gasteiger partial charge in [0, 0.05) is 5.56 Å². The molecule has 3 aromatic rings. The topological polar surface area (TPSA) is 57.0 Å². The van der Waals surface area contributed by atoms with E-state index in [0.29, 0.717) is 23.2 Å². The Hall–Kier alpha value is -2.69. The molecule has 118 valence electrons. The quantitative estimate of drug-likeness (QED) is 0.652. The van der Waals surface area contributed by atoms with Gasteiger partial charge in [-0.05, 0) is 42.8 Å². The lowest BCUT2D eigenvalue weighted by Crippen LogP contribution is -2.13. The van der Waals surface area contributed by atoms with Crippen molar-refractivity contribution >= 4 is 16.9 Å². The van der Waals surface area contributed by atoms with Gasteiger partial charge in [-0.3, -0.25) is 4.79 Å². The highest BCUT2D eigenvalue weighted by Gasteiger charge is 2.13. The molecule has 1 heterocycles. The molecule has 2 aromatic carbocycles. The number of ether oxygens (including phenoxy) is 1. The van der Waals surface area contributed by atoms with Crippen LogP contribution in [0.4, 0.5) is 0 Å². The van der Waals surface area contributed by atoms with Crippen LogP contribution >= 0.6 is 0 Å². The molecule has 0 atom stereocenters. The lowest BCUT2D eigenvalue weighted by molar-refractivity contribution is 0.0948. The van der Waals surface area contributed by atoms with E-state index in [2.05, 4.69) is 17.2 Å². The van der Waals surface area contributed by atoms with Crippen LogP contribution in [0.1, 0.15) is 36.5 Å². The van der Waals surface area contributed by atoms with E-state index in [0.717, 1.165) is 18.6 Å². The number of fused-ring (bicyclic) bond motifs is 1. The summed E-state index contributed by atoms with van der Waals surface area (Å²) < 4.78 is 6.98. The lowest BCUT2D eigenvalue weighted by atomic mass is 10.2. The smallest absolute Gasteiger partial charge is 0.280 e. The van der Waals surface area contributed by atoms with E-state index in [1.807, 2.05) is 36.4 Å². The maximum absolute atomic E-state index is 12.6. The molecule has 3 rings (SSSR count). The number of hydrogen-bond acceptors (Lipinski definition) is 4. The van der Waals surface area contributed by atoms with Crippen LogP contribution in [0.15, 0.2) is 48.5 Å². The van der Waals surface area contributed by atoms with E-state index in [9.17, 15) is 4.79 Å². The summed E-state index contributed by atoms with van der Waals surface area (Å²) in [6, 6.07) is 14.6. The third-order valence-corrected chi connectivity index (χ3v) is 3.66. The normalized spacial score (nSPS) is 10.8. The molecule has 0 amide bonds. The molecule has 23 heavy (non-hydrogen) atoms. The van der Waals surface area contributed by atoms with Crippen molar-refractivity contribution in [3.8, 4) is 5.75 Å². The fourth-order valence-electron chi connectivity index (χ4n) is 2.38. The Balaban J connectivity index is 1.73. The van der Waals surface area contributed by atoms with Crippen molar-refractivity contribution in [2.75, 3.05) is 6.61 Å². The zero-order valence-electron chi connectivity index (χ0n) is 13.1. The van der Waals surface area contributed by atoms with Crippen LogP contribution in [0.25, 0.3) is 11.0 Å². The average molecular weight is 309 g/mol. The Kier molecular flexibility index (Phi) is 4.66. The van der Waals surface area contributed by atoms with Gasteiger partial charge in [0.05, 0.1) is 12.1 Å². The molecule has 0 radical (unpaired) electrons. The lowest BCUT2D eigenvalue weighted by Gasteiger charge is -2.06. The summed E-state index contributed by atoms with van der Waals surface area (Å²) in [5.74, 6) is 0.581. The van der Waals surface area contributed by atoms with Gasteiger partial charge < -0.3 is 4.74 Å². The Morgan fingerprint density at radius 2 is 1.87 bits per heavy atom. The van der Waals surface area contributed by atoms with Gasteiger partial charge in [0.2, 0.25) is 0 Å². The largest absolute Gasteiger partial charge is 0.494 e. The van der Waals surface area contributed by atoms with Crippen molar-refractivity contribution in [1.82, 2.24) is 15.0 Å². The van der Waals surface area contributed by atoms with Crippen LogP contribution in [-0.4, -0.2) is 27.5 Å². The predicted molar refractivity (Wildman–Crippen MR) is 88.7 cm³/mol. The molecule has 0 spiro atoms. The van der Waals surface area contributed by atoms with Gasteiger partial charge in [-0.15, -0.1) is 5.10 Å². The SMILES string of the molecule is CCCCCOc1ccc(C(=O)n2nnc3ccccc32)cc1. The zero-order chi connectivity index (χ0) is 16.1. The molecular formula is C18H19N3O2. The molecule has 0 saturated carbocycles. The average Bonchev–Trinajstić information content (AvgIpc) is 3.03. The van der Waals surface area contributed by atoms with E-state index in [1.165, 1.54) is 11.1 Å². The molecule has 1 aromatic heterocycles. The number of carbonyl (C=O) groups excluding carboxylic acids is 1. The summed E-state index contributed by atoms with van der Waals surface area (Å²) in [4.78, 5) is 12.6. The number of aromatic nitrogens is 3.